The summed E-state index contributed by atoms with van der Waals surface area (Å²) in [7, 11) is 1.67. The summed E-state index contributed by atoms with van der Waals surface area (Å²) in [5, 5.41) is 15.3. The van der Waals surface area contributed by atoms with E-state index in [0.29, 0.717) is 19.5 Å². The number of nitrogens with one attached hydrogen (secondary N) is 1. The minimum absolute atomic E-state index is 0.133. The Labute approximate surface area is 123 Å². The van der Waals surface area contributed by atoms with Gasteiger partial charge >= 0.3 is 6.03 Å². The van der Waals surface area contributed by atoms with Crippen LogP contribution in [0.25, 0.3) is 0 Å². The van der Waals surface area contributed by atoms with Gasteiger partial charge in [0.05, 0.1) is 18.7 Å². The highest BCUT2D eigenvalue weighted by atomic mass is 16.3. The van der Waals surface area contributed by atoms with Crippen LogP contribution >= 0.6 is 0 Å². The number of carbonyl (C=O) groups excluding carboxylic acids is 3. The summed E-state index contributed by atoms with van der Waals surface area (Å²) >= 11 is 0. The van der Waals surface area contributed by atoms with Crippen molar-refractivity contribution in [2.24, 2.45) is 0 Å². The number of likely N-dealkylation sites (N-methyl/N-ethyl adjacent to an activating group) is 1. The molecule has 2 rings (SSSR count). The maximum Gasteiger partial charge on any atom is 0.339 e. The van der Waals surface area contributed by atoms with Crippen LogP contribution < -0.4 is 5.32 Å². The minimum Gasteiger partial charge on any atom is -0.391 e. The van der Waals surface area contributed by atoms with Gasteiger partial charge in [0.15, 0.2) is 5.78 Å². The molecule has 8 nitrogen and oxygen atoms in total. The van der Waals surface area contributed by atoms with E-state index in [4.69, 9.17) is 0 Å². The van der Waals surface area contributed by atoms with Crippen LogP contribution in [0.1, 0.15) is 19.8 Å². The van der Waals surface area contributed by atoms with Gasteiger partial charge in [-0.3, -0.25) is 9.59 Å². The van der Waals surface area contributed by atoms with Gasteiger partial charge in [-0.05, 0) is 20.4 Å². The molecule has 118 valence electrons. The summed E-state index contributed by atoms with van der Waals surface area (Å²) in [5.74, 6) is -0.324. The number of Topliss-reactive ketones (excluding diaryl/α,β-unsaturated/α-hetero) is 1. The van der Waals surface area contributed by atoms with Crippen LogP contribution in [0.2, 0.25) is 0 Å². The molecule has 0 aromatic rings. The lowest BCUT2D eigenvalue weighted by molar-refractivity contribution is -0.139. The Morgan fingerprint density at radius 1 is 1.24 bits per heavy atom. The number of hydrazine groups is 1. The second-order valence-electron chi connectivity index (χ2n) is 5.47. The summed E-state index contributed by atoms with van der Waals surface area (Å²) in [5.41, 5.74) is 0. The molecule has 2 fully saturated rings. The number of likely N-dealkylation sites (tertiary alicyclic amines) is 1. The van der Waals surface area contributed by atoms with Crippen molar-refractivity contribution in [1.29, 1.82) is 0 Å². The highest BCUT2D eigenvalue weighted by Gasteiger charge is 2.42. The van der Waals surface area contributed by atoms with E-state index < -0.39 is 12.1 Å². The molecule has 21 heavy (non-hydrogen) atoms. The maximum atomic E-state index is 12.6. The number of rotatable bonds is 3. The third kappa shape index (κ3) is 3.16. The average Bonchev–Trinajstić information content (AvgIpc) is 3.04. The van der Waals surface area contributed by atoms with E-state index in [1.54, 1.807) is 7.05 Å². The number of hydrogen-bond acceptors (Lipinski definition) is 5. The first-order valence-corrected chi connectivity index (χ1v) is 7.17. The van der Waals surface area contributed by atoms with Gasteiger partial charge in [0.1, 0.15) is 0 Å². The van der Waals surface area contributed by atoms with Gasteiger partial charge < -0.3 is 15.3 Å². The van der Waals surface area contributed by atoms with Crippen LogP contribution in [0.4, 0.5) is 4.79 Å². The zero-order valence-electron chi connectivity index (χ0n) is 12.4. The quantitative estimate of drug-likeness (QED) is 0.682. The number of urea groups is 1. The van der Waals surface area contributed by atoms with Crippen molar-refractivity contribution in [3.05, 3.63) is 0 Å². The SMILES string of the molecule is CNCC(=O)N1CCCN1C(=O)N1CC(O)CC1C(C)=O. The Balaban J connectivity index is 2.11. The van der Waals surface area contributed by atoms with Crippen LogP contribution in [0.5, 0.6) is 0 Å². The van der Waals surface area contributed by atoms with E-state index in [9.17, 15) is 19.5 Å². The molecule has 0 bridgehead atoms. The molecular weight excluding hydrogens is 276 g/mol. The number of ketones is 1. The van der Waals surface area contributed by atoms with Crippen molar-refractivity contribution in [2.75, 3.05) is 33.2 Å². The Kier molecular flexibility index (Phi) is 4.79. The molecule has 0 aromatic carbocycles. The van der Waals surface area contributed by atoms with Gasteiger partial charge in [0.25, 0.3) is 5.91 Å². The van der Waals surface area contributed by atoms with Gasteiger partial charge in [-0.25, -0.2) is 14.8 Å². The third-order valence-electron chi connectivity index (χ3n) is 3.86. The van der Waals surface area contributed by atoms with Crippen LogP contribution in [-0.2, 0) is 9.59 Å². The zero-order chi connectivity index (χ0) is 15.6. The lowest BCUT2D eigenvalue weighted by atomic mass is 10.1. The monoisotopic (exact) mass is 298 g/mol. The molecule has 2 aliphatic rings. The molecule has 3 amide bonds. The summed E-state index contributed by atoms with van der Waals surface area (Å²) in [6.07, 6.45) is 0.286. The standard InChI is InChI=1S/C13H22N4O4/c1-9(18)11-6-10(19)8-15(11)13(21)17-5-3-4-16(17)12(20)7-14-2/h10-11,14,19H,3-8H2,1-2H3. The molecule has 0 aromatic heterocycles. The Bertz CT molecular complexity index is 442. The zero-order valence-corrected chi connectivity index (χ0v) is 12.4. The van der Waals surface area contributed by atoms with E-state index in [0.717, 1.165) is 0 Å². The number of β-amino-alcohol motifs (C(OH)–C–C–N with tert-alkyl or cyclic N) is 1. The number of nitrogens with zero attached hydrogens (tertiary/aromatic N) is 3. The van der Waals surface area contributed by atoms with Crippen molar-refractivity contribution in [2.45, 2.75) is 31.9 Å². The van der Waals surface area contributed by atoms with Crippen molar-refractivity contribution in [3.63, 3.8) is 0 Å². The third-order valence-corrected chi connectivity index (χ3v) is 3.86. The van der Waals surface area contributed by atoms with Gasteiger partial charge in [0.2, 0.25) is 0 Å². The highest BCUT2D eigenvalue weighted by Crippen LogP contribution is 2.23. The molecule has 0 spiro atoms. The number of amides is 3. The summed E-state index contributed by atoms with van der Waals surface area (Å²) in [4.78, 5) is 37.6. The number of aliphatic hydroxyl groups is 1. The summed E-state index contributed by atoms with van der Waals surface area (Å²) in [6, 6.07) is -0.983. The minimum atomic E-state index is -0.688. The van der Waals surface area contributed by atoms with Crippen molar-refractivity contribution < 1.29 is 19.5 Å². The lowest BCUT2D eigenvalue weighted by Gasteiger charge is -2.33. The van der Waals surface area contributed by atoms with Gasteiger partial charge in [0, 0.05) is 26.1 Å². The van der Waals surface area contributed by atoms with Gasteiger partial charge in [-0.15, -0.1) is 0 Å². The molecule has 2 aliphatic heterocycles. The van der Waals surface area contributed by atoms with Crippen molar-refractivity contribution in [1.82, 2.24) is 20.2 Å². The van der Waals surface area contributed by atoms with Crippen LogP contribution in [0.15, 0.2) is 0 Å². The molecule has 0 radical (unpaired) electrons. The Hall–Kier alpha value is -1.67. The molecule has 0 saturated carbocycles. The molecule has 2 N–H and O–H groups in total. The van der Waals surface area contributed by atoms with Crippen LogP contribution in [0, 0.1) is 0 Å². The summed E-state index contributed by atoms with van der Waals surface area (Å²) in [6.45, 7) is 2.64. The fourth-order valence-corrected chi connectivity index (χ4v) is 2.87. The fraction of sp³-hybridized carbons (Fsp3) is 0.769. The first kappa shape index (κ1) is 15.7. The molecule has 8 heteroatoms. The molecular formula is C13H22N4O4. The maximum absolute atomic E-state index is 12.6. The first-order valence-electron chi connectivity index (χ1n) is 7.17. The Morgan fingerprint density at radius 2 is 1.90 bits per heavy atom. The molecule has 2 unspecified atom stereocenters. The van der Waals surface area contributed by atoms with Crippen LogP contribution in [0.3, 0.4) is 0 Å². The normalized spacial score (nSPS) is 25.6. The highest BCUT2D eigenvalue weighted by molar-refractivity contribution is 5.89. The fourth-order valence-electron chi connectivity index (χ4n) is 2.87. The predicted molar refractivity (Wildman–Crippen MR) is 74.2 cm³/mol. The van der Waals surface area contributed by atoms with Crippen molar-refractivity contribution in [3.8, 4) is 0 Å². The largest absolute Gasteiger partial charge is 0.391 e. The average molecular weight is 298 g/mol. The number of hydrogen-bond donors (Lipinski definition) is 2. The van der Waals surface area contributed by atoms with Gasteiger partial charge in [-0.2, -0.15) is 0 Å². The van der Waals surface area contributed by atoms with Gasteiger partial charge in [-0.1, -0.05) is 0 Å². The second kappa shape index (κ2) is 6.40. The van der Waals surface area contributed by atoms with E-state index in [2.05, 4.69) is 5.32 Å². The first-order chi connectivity index (χ1) is 9.95. The predicted octanol–water partition coefficient (Wildman–Crippen LogP) is -1.20. The molecule has 0 aliphatic carbocycles. The molecule has 2 saturated heterocycles. The molecule has 2 atom stereocenters. The number of carbonyl (C=O) groups is 3. The number of aliphatic hydroxyl groups excluding tert-OH is 1. The van der Waals surface area contributed by atoms with E-state index in [1.807, 2.05) is 0 Å². The van der Waals surface area contributed by atoms with Crippen LogP contribution in [-0.4, -0.2) is 83.1 Å². The smallest absolute Gasteiger partial charge is 0.339 e. The topological polar surface area (TPSA) is 93.2 Å². The summed E-state index contributed by atoms with van der Waals surface area (Å²) < 4.78 is 0. The van der Waals surface area contributed by atoms with E-state index in [-0.39, 0.29) is 37.2 Å². The second-order valence-corrected chi connectivity index (χ2v) is 5.47. The lowest BCUT2D eigenvalue weighted by Crippen LogP contribution is -2.54. The van der Waals surface area contributed by atoms with E-state index in [1.165, 1.54) is 21.8 Å². The van der Waals surface area contributed by atoms with E-state index >= 15 is 0 Å². The molecule has 2 heterocycles. The Morgan fingerprint density at radius 3 is 2.52 bits per heavy atom. The van der Waals surface area contributed by atoms with Crippen molar-refractivity contribution >= 4 is 17.7 Å².